The highest BCUT2D eigenvalue weighted by Crippen LogP contribution is 2.37. The summed E-state index contributed by atoms with van der Waals surface area (Å²) in [5.41, 5.74) is 0.0683. The Labute approximate surface area is 120 Å². The van der Waals surface area contributed by atoms with Crippen molar-refractivity contribution in [2.24, 2.45) is 0 Å². The zero-order valence-corrected chi connectivity index (χ0v) is 13.5. The predicted molar refractivity (Wildman–Crippen MR) is 83.3 cm³/mol. The first-order valence-electron chi connectivity index (χ1n) is 6.34. The quantitative estimate of drug-likeness (QED) is 0.526. The molecular weight excluding hydrogens is 268 g/mol. The van der Waals surface area contributed by atoms with Gasteiger partial charge in [0.1, 0.15) is 4.32 Å². The van der Waals surface area contributed by atoms with Gasteiger partial charge < -0.3 is 23.3 Å². The lowest BCUT2D eigenvalue weighted by atomic mass is 9.98. The van der Waals surface area contributed by atoms with Gasteiger partial charge in [-0.3, -0.25) is 0 Å². The van der Waals surface area contributed by atoms with Gasteiger partial charge in [-0.25, -0.2) is 0 Å². The van der Waals surface area contributed by atoms with Crippen molar-refractivity contribution in [3.05, 3.63) is 0 Å². The molecular formula is C12H24N2S3. The van der Waals surface area contributed by atoms with Gasteiger partial charge >= 0.3 is 0 Å². The van der Waals surface area contributed by atoms with E-state index >= 15 is 0 Å². The maximum absolute atomic E-state index is 5.36. The Hall–Kier alpha value is 0.550. The Morgan fingerprint density at radius 3 is 2.12 bits per heavy atom. The van der Waals surface area contributed by atoms with Crippen LogP contribution in [-0.4, -0.2) is 27.0 Å². The lowest BCUT2D eigenvalue weighted by Gasteiger charge is -2.48. The van der Waals surface area contributed by atoms with Gasteiger partial charge in [0.25, 0.3) is 0 Å². The Bertz CT molecular complexity index is 231. The number of rotatable bonds is 0. The first kappa shape index (κ1) is 15.6. The molecule has 0 bridgehead atoms. The van der Waals surface area contributed by atoms with Crippen molar-refractivity contribution in [3.63, 3.8) is 0 Å². The molecule has 1 unspecified atom stereocenters. The van der Waals surface area contributed by atoms with Crippen LogP contribution in [0.1, 0.15) is 46.5 Å². The molecule has 2 nitrogen and oxygen atoms in total. The number of nitrogens with two attached hydrogens (primary N) is 1. The maximum Gasteiger partial charge on any atom is 0.132 e. The molecule has 17 heavy (non-hydrogen) atoms. The van der Waals surface area contributed by atoms with E-state index in [0.717, 1.165) is 10.7 Å². The van der Waals surface area contributed by atoms with E-state index in [-0.39, 0.29) is 9.62 Å². The molecule has 100 valence electrons. The van der Waals surface area contributed by atoms with Crippen molar-refractivity contribution in [2.45, 2.75) is 56.1 Å². The van der Waals surface area contributed by atoms with E-state index in [1.165, 1.54) is 32.4 Å². The second kappa shape index (κ2) is 6.64. The third-order valence-electron chi connectivity index (χ3n) is 2.83. The van der Waals surface area contributed by atoms with Crippen molar-refractivity contribution in [1.29, 1.82) is 0 Å². The predicted octanol–water partition coefficient (Wildman–Crippen LogP) is 1.77. The topological polar surface area (TPSA) is 28.6 Å². The van der Waals surface area contributed by atoms with Crippen LogP contribution in [0.2, 0.25) is 0 Å². The van der Waals surface area contributed by atoms with Crippen molar-refractivity contribution in [1.82, 2.24) is 5.32 Å². The molecule has 2 saturated heterocycles. The first-order valence-corrected chi connectivity index (χ1v) is 7.97. The van der Waals surface area contributed by atoms with E-state index in [9.17, 15) is 0 Å². The van der Waals surface area contributed by atoms with E-state index in [4.69, 9.17) is 24.8 Å². The lowest BCUT2D eigenvalue weighted by Crippen LogP contribution is -2.85. The summed E-state index contributed by atoms with van der Waals surface area (Å²) in [6.07, 6.45) is 5.33. The number of hydrogen-bond donors (Lipinski definition) is 2. The van der Waals surface area contributed by atoms with E-state index in [0.29, 0.717) is 0 Å². The molecule has 1 atom stereocenters. The summed E-state index contributed by atoms with van der Waals surface area (Å²) in [7, 11) is 0. The Morgan fingerprint density at radius 2 is 1.82 bits per heavy atom. The molecule has 2 aliphatic heterocycles. The minimum absolute atomic E-state index is 0.0683. The van der Waals surface area contributed by atoms with Gasteiger partial charge in [0.05, 0.1) is 13.1 Å². The normalized spacial score (nSPS) is 32.1. The molecule has 0 saturated carbocycles. The summed E-state index contributed by atoms with van der Waals surface area (Å²) >= 11 is 12.0. The van der Waals surface area contributed by atoms with Crippen LogP contribution in [0, 0.1) is 0 Å². The molecule has 0 radical (unpaired) electrons. The van der Waals surface area contributed by atoms with Crippen LogP contribution in [0.25, 0.3) is 0 Å². The number of piperidine rings is 1. The van der Waals surface area contributed by atoms with Gasteiger partial charge in [0.2, 0.25) is 0 Å². The average Bonchev–Trinajstić information content (AvgIpc) is 2.15. The van der Waals surface area contributed by atoms with Crippen molar-refractivity contribution in [2.75, 3.05) is 13.1 Å². The molecule has 3 N–H and O–H groups in total. The Morgan fingerprint density at radius 1 is 1.24 bits per heavy atom. The second-order valence-corrected chi connectivity index (χ2v) is 8.98. The number of hydrogen-bond acceptors (Lipinski definition) is 3. The summed E-state index contributed by atoms with van der Waals surface area (Å²) in [6, 6.07) is 0. The van der Waals surface area contributed by atoms with Crippen LogP contribution in [0.15, 0.2) is 0 Å². The highest BCUT2D eigenvalue weighted by molar-refractivity contribution is 8.27. The zero-order valence-electron chi connectivity index (χ0n) is 11.0. The van der Waals surface area contributed by atoms with Gasteiger partial charge in [-0.2, -0.15) is 0 Å². The summed E-state index contributed by atoms with van der Waals surface area (Å²) in [6.45, 7) is 9.06. The van der Waals surface area contributed by atoms with Gasteiger partial charge in [-0.15, -0.1) is 11.8 Å². The van der Waals surface area contributed by atoms with Crippen LogP contribution < -0.4 is 10.6 Å². The van der Waals surface area contributed by atoms with Gasteiger partial charge in [0, 0.05) is 5.54 Å². The van der Waals surface area contributed by atoms with E-state index < -0.39 is 0 Å². The minimum Gasteiger partial charge on any atom is -0.775 e. The molecule has 0 aromatic heterocycles. The highest BCUT2D eigenvalue weighted by Gasteiger charge is 2.30. The van der Waals surface area contributed by atoms with Gasteiger partial charge in [-0.05, 0) is 39.5 Å². The monoisotopic (exact) mass is 292 g/mol. The summed E-state index contributed by atoms with van der Waals surface area (Å²) in [5.74, 6) is 0. The number of quaternary nitrogens is 1. The van der Waals surface area contributed by atoms with E-state index in [1.54, 1.807) is 11.8 Å². The molecule has 0 aromatic rings. The molecule has 5 heteroatoms. The second-order valence-electron chi connectivity index (χ2n) is 5.64. The third kappa shape index (κ3) is 6.89. The standard InChI is InChI=1S/C7H13NS3.C5H11N/c1-6(2)4-7(3,10)11-5(9)8-6;1-2-4-6-5-3-1/h10H,4H2,1-3H3,(H,8,9);6H,1-5H2. The SMILES string of the molecule is C1CC[NH2+]CC1.CC1(C)CC(C)([S-])SC(=S)N1. The summed E-state index contributed by atoms with van der Waals surface area (Å²) < 4.78 is 0.713. The Kier molecular flexibility index (Phi) is 6.10. The van der Waals surface area contributed by atoms with E-state index in [2.05, 4.69) is 31.4 Å². The van der Waals surface area contributed by atoms with Crippen LogP contribution in [0.3, 0.4) is 0 Å². The summed E-state index contributed by atoms with van der Waals surface area (Å²) in [5, 5.41) is 5.63. The molecule has 2 rings (SSSR count). The molecule has 0 aromatic carbocycles. The number of thioether (sulfide) groups is 1. The lowest BCUT2D eigenvalue weighted by molar-refractivity contribution is -0.662. The zero-order chi connectivity index (χ0) is 12.9. The Balaban J connectivity index is 0.000000202. The molecule has 0 amide bonds. The smallest absolute Gasteiger partial charge is 0.132 e. The van der Waals surface area contributed by atoms with Crippen molar-refractivity contribution in [3.8, 4) is 0 Å². The highest BCUT2D eigenvalue weighted by atomic mass is 32.2. The van der Waals surface area contributed by atoms with Gasteiger partial charge in [0.15, 0.2) is 0 Å². The van der Waals surface area contributed by atoms with Crippen LogP contribution in [-0.2, 0) is 12.6 Å². The molecule has 0 aliphatic carbocycles. The maximum atomic E-state index is 5.36. The third-order valence-corrected chi connectivity index (χ3v) is 4.44. The number of nitrogens with one attached hydrogen (secondary N) is 1. The fourth-order valence-electron chi connectivity index (χ4n) is 2.28. The molecule has 2 fully saturated rings. The number of thiocarbonyl (C=S) groups is 1. The van der Waals surface area contributed by atoms with Crippen LogP contribution in [0.5, 0.6) is 0 Å². The van der Waals surface area contributed by atoms with Crippen molar-refractivity contribution < 1.29 is 5.32 Å². The van der Waals surface area contributed by atoms with Crippen LogP contribution >= 0.6 is 24.0 Å². The van der Waals surface area contributed by atoms with E-state index in [1.807, 2.05) is 0 Å². The average molecular weight is 293 g/mol. The largest absolute Gasteiger partial charge is 0.775 e. The minimum atomic E-state index is -0.119. The fourth-order valence-corrected chi connectivity index (χ4v) is 5.03. The first-order chi connectivity index (χ1) is 7.81. The van der Waals surface area contributed by atoms with Crippen LogP contribution in [0.4, 0.5) is 0 Å². The van der Waals surface area contributed by atoms with Crippen molar-refractivity contribution >= 4 is 40.9 Å². The van der Waals surface area contributed by atoms with Gasteiger partial charge in [-0.1, -0.05) is 23.2 Å². The molecule has 0 spiro atoms. The molecule has 2 aliphatic rings. The fraction of sp³-hybridized carbons (Fsp3) is 0.917. The summed E-state index contributed by atoms with van der Waals surface area (Å²) in [4.78, 5) is 0. The molecule has 2 heterocycles.